The molecule has 2 amide bonds. The lowest BCUT2D eigenvalue weighted by Crippen LogP contribution is -2.44. The summed E-state index contributed by atoms with van der Waals surface area (Å²) in [4.78, 5) is 33.2. The first-order chi connectivity index (χ1) is 12.2. The minimum Gasteiger partial charge on any atom is -0.343 e. The van der Waals surface area contributed by atoms with Gasteiger partial charge in [0.25, 0.3) is 0 Å². The first kappa shape index (κ1) is 17.9. The van der Waals surface area contributed by atoms with Crippen molar-refractivity contribution in [1.29, 1.82) is 0 Å². The maximum absolute atomic E-state index is 12.7. The van der Waals surface area contributed by atoms with Crippen molar-refractivity contribution < 1.29 is 9.59 Å². The molecular formula is C20H29N3O2. The average molecular weight is 343 g/mol. The number of nitrogens with zero attached hydrogens (tertiary/aromatic N) is 3. The summed E-state index contributed by atoms with van der Waals surface area (Å²) in [6, 6.07) is 3.91. The molecule has 3 heterocycles. The molecule has 0 aliphatic carbocycles. The molecule has 0 bridgehead atoms. The highest BCUT2D eigenvalue weighted by atomic mass is 16.2. The Kier molecular flexibility index (Phi) is 6.42. The maximum Gasteiger partial charge on any atom is 0.225 e. The van der Waals surface area contributed by atoms with E-state index in [1.54, 1.807) is 6.20 Å². The van der Waals surface area contributed by atoms with Gasteiger partial charge >= 0.3 is 0 Å². The second-order valence-electron chi connectivity index (χ2n) is 7.26. The molecule has 1 aromatic heterocycles. The average Bonchev–Trinajstić information content (AvgIpc) is 2.96. The number of aryl methyl sites for hydroxylation is 1. The molecule has 0 saturated carbocycles. The predicted molar refractivity (Wildman–Crippen MR) is 96.9 cm³/mol. The predicted octanol–water partition coefficient (Wildman–Crippen LogP) is 2.66. The minimum atomic E-state index is 0.112. The van der Waals surface area contributed by atoms with E-state index >= 15 is 0 Å². The van der Waals surface area contributed by atoms with Crippen LogP contribution in [0.3, 0.4) is 0 Å². The fourth-order valence-corrected chi connectivity index (χ4v) is 3.88. The summed E-state index contributed by atoms with van der Waals surface area (Å²) in [5.41, 5.74) is 1.10. The molecule has 2 aliphatic rings. The molecule has 0 unspecified atom stereocenters. The Morgan fingerprint density at radius 1 is 1.00 bits per heavy atom. The fourth-order valence-electron chi connectivity index (χ4n) is 3.88. The Morgan fingerprint density at radius 2 is 1.72 bits per heavy atom. The molecule has 25 heavy (non-hydrogen) atoms. The molecule has 0 N–H and O–H groups in total. The summed E-state index contributed by atoms with van der Waals surface area (Å²) in [6.07, 6.45) is 11.2. The van der Waals surface area contributed by atoms with Crippen molar-refractivity contribution in [3.05, 3.63) is 30.1 Å². The van der Waals surface area contributed by atoms with Gasteiger partial charge in [0.15, 0.2) is 0 Å². The summed E-state index contributed by atoms with van der Waals surface area (Å²) in [5.74, 6) is 0.634. The topological polar surface area (TPSA) is 53.5 Å². The van der Waals surface area contributed by atoms with E-state index < -0.39 is 0 Å². The Morgan fingerprint density at radius 3 is 2.36 bits per heavy atom. The van der Waals surface area contributed by atoms with Crippen molar-refractivity contribution in [1.82, 2.24) is 14.8 Å². The number of piperidine rings is 1. The molecule has 2 fully saturated rings. The number of carbonyl (C=O) groups is 2. The molecule has 0 spiro atoms. The van der Waals surface area contributed by atoms with Crippen molar-refractivity contribution in [3.8, 4) is 0 Å². The molecule has 0 atom stereocenters. The molecule has 0 aromatic carbocycles. The highest BCUT2D eigenvalue weighted by molar-refractivity contribution is 5.80. The van der Waals surface area contributed by atoms with Crippen molar-refractivity contribution in [2.75, 3.05) is 26.2 Å². The zero-order valence-corrected chi connectivity index (χ0v) is 15.0. The van der Waals surface area contributed by atoms with Crippen LogP contribution >= 0.6 is 0 Å². The monoisotopic (exact) mass is 343 g/mol. The standard InChI is InChI=1S/C20H29N3O2/c24-19(8-7-17-6-5-11-21-16-17)22-14-9-18(10-15-22)20(25)23-12-3-1-2-4-13-23/h5-6,11,16,18H,1-4,7-10,12-15H2. The van der Waals surface area contributed by atoms with Gasteiger partial charge in [-0.15, -0.1) is 0 Å². The summed E-state index contributed by atoms with van der Waals surface area (Å²) >= 11 is 0. The smallest absolute Gasteiger partial charge is 0.225 e. The van der Waals surface area contributed by atoms with Gasteiger partial charge in [0, 0.05) is 50.9 Å². The first-order valence-corrected chi connectivity index (χ1v) is 9.69. The van der Waals surface area contributed by atoms with E-state index in [2.05, 4.69) is 9.88 Å². The van der Waals surface area contributed by atoms with Gasteiger partial charge in [-0.1, -0.05) is 18.9 Å². The van der Waals surface area contributed by atoms with Gasteiger partial charge in [-0.05, 0) is 43.7 Å². The van der Waals surface area contributed by atoms with Crippen LogP contribution in [0.4, 0.5) is 0 Å². The van der Waals surface area contributed by atoms with Gasteiger partial charge < -0.3 is 9.80 Å². The van der Waals surface area contributed by atoms with E-state index in [9.17, 15) is 9.59 Å². The summed E-state index contributed by atoms with van der Waals surface area (Å²) in [6.45, 7) is 3.28. The van der Waals surface area contributed by atoms with Gasteiger partial charge in [0.2, 0.25) is 11.8 Å². The van der Waals surface area contributed by atoms with Gasteiger partial charge in [0.05, 0.1) is 0 Å². The number of carbonyl (C=O) groups excluding carboxylic acids is 2. The Bertz CT molecular complexity index is 560. The number of aromatic nitrogens is 1. The molecular weight excluding hydrogens is 314 g/mol. The van der Waals surface area contributed by atoms with Crippen LogP contribution < -0.4 is 0 Å². The highest BCUT2D eigenvalue weighted by Crippen LogP contribution is 2.22. The fraction of sp³-hybridized carbons (Fsp3) is 0.650. The molecule has 2 aliphatic heterocycles. The van der Waals surface area contributed by atoms with E-state index in [-0.39, 0.29) is 11.8 Å². The third kappa shape index (κ3) is 5.03. The summed E-state index contributed by atoms with van der Waals surface area (Å²) in [7, 11) is 0. The van der Waals surface area contributed by atoms with Crippen LogP contribution in [0.25, 0.3) is 0 Å². The second-order valence-corrected chi connectivity index (χ2v) is 7.26. The van der Waals surface area contributed by atoms with E-state index in [1.165, 1.54) is 12.8 Å². The van der Waals surface area contributed by atoms with Crippen molar-refractivity contribution >= 4 is 11.8 Å². The van der Waals surface area contributed by atoms with E-state index in [0.717, 1.165) is 63.8 Å². The van der Waals surface area contributed by atoms with E-state index in [1.807, 2.05) is 23.2 Å². The van der Waals surface area contributed by atoms with Gasteiger partial charge in [-0.3, -0.25) is 14.6 Å². The second kappa shape index (κ2) is 8.97. The first-order valence-electron chi connectivity index (χ1n) is 9.69. The Balaban J connectivity index is 1.43. The number of pyridine rings is 1. The summed E-state index contributed by atoms with van der Waals surface area (Å²) in [5, 5.41) is 0. The van der Waals surface area contributed by atoms with Crippen molar-refractivity contribution in [3.63, 3.8) is 0 Å². The Labute approximate surface area is 150 Å². The van der Waals surface area contributed by atoms with Crippen LogP contribution in [0, 0.1) is 5.92 Å². The largest absolute Gasteiger partial charge is 0.343 e. The molecule has 5 nitrogen and oxygen atoms in total. The van der Waals surface area contributed by atoms with Crippen molar-refractivity contribution in [2.45, 2.75) is 51.4 Å². The quantitative estimate of drug-likeness (QED) is 0.844. The lowest BCUT2D eigenvalue weighted by Gasteiger charge is -2.34. The number of hydrogen-bond acceptors (Lipinski definition) is 3. The van der Waals surface area contributed by atoms with Crippen LogP contribution in [-0.4, -0.2) is 52.8 Å². The minimum absolute atomic E-state index is 0.112. The van der Waals surface area contributed by atoms with Crippen LogP contribution in [0.5, 0.6) is 0 Å². The van der Waals surface area contributed by atoms with Crippen LogP contribution in [-0.2, 0) is 16.0 Å². The number of hydrogen-bond donors (Lipinski definition) is 0. The highest BCUT2D eigenvalue weighted by Gasteiger charge is 2.30. The zero-order chi connectivity index (χ0) is 17.5. The van der Waals surface area contributed by atoms with E-state index in [0.29, 0.717) is 12.3 Å². The molecule has 136 valence electrons. The third-order valence-corrected chi connectivity index (χ3v) is 5.46. The van der Waals surface area contributed by atoms with Gasteiger partial charge in [0.1, 0.15) is 0 Å². The van der Waals surface area contributed by atoms with E-state index in [4.69, 9.17) is 0 Å². The Hall–Kier alpha value is -1.91. The van der Waals surface area contributed by atoms with Crippen molar-refractivity contribution in [2.24, 2.45) is 5.92 Å². The molecule has 5 heteroatoms. The molecule has 0 radical (unpaired) electrons. The number of rotatable bonds is 4. The normalized spacial score (nSPS) is 19.5. The summed E-state index contributed by atoms with van der Waals surface area (Å²) < 4.78 is 0. The lowest BCUT2D eigenvalue weighted by atomic mass is 9.94. The lowest BCUT2D eigenvalue weighted by molar-refractivity contribution is -0.140. The van der Waals surface area contributed by atoms with Crippen LogP contribution in [0.15, 0.2) is 24.5 Å². The SMILES string of the molecule is O=C(CCc1cccnc1)N1CCC(C(=O)N2CCCCCC2)CC1. The molecule has 2 saturated heterocycles. The maximum atomic E-state index is 12.7. The molecule has 1 aromatic rings. The number of amides is 2. The van der Waals surface area contributed by atoms with Crippen LogP contribution in [0.1, 0.15) is 50.5 Å². The third-order valence-electron chi connectivity index (χ3n) is 5.46. The molecule has 3 rings (SSSR count). The zero-order valence-electron chi connectivity index (χ0n) is 15.0. The van der Waals surface area contributed by atoms with Gasteiger partial charge in [-0.2, -0.15) is 0 Å². The van der Waals surface area contributed by atoms with Crippen LogP contribution in [0.2, 0.25) is 0 Å². The van der Waals surface area contributed by atoms with Gasteiger partial charge in [-0.25, -0.2) is 0 Å². The number of likely N-dealkylation sites (tertiary alicyclic amines) is 2.